The predicted molar refractivity (Wildman–Crippen MR) is 109 cm³/mol. The number of fused-ring (bicyclic) bond motifs is 2. The molecule has 3 nitrogen and oxygen atoms in total. The van der Waals surface area contributed by atoms with E-state index in [1.165, 1.54) is 32.7 Å². The Bertz CT molecular complexity index is 1000. The van der Waals surface area contributed by atoms with Crippen molar-refractivity contribution in [3.8, 4) is 0 Å². The molecule has 1 N–H and O–H groups in total. The molecular formula is C24H23NO2. The van der Waals surface area contributed by atoms with Gasteiger partial charge in [-0.25, -0.2) is 0 Å². The smallest absolute Gasteiger partial charge is 0.0938 e. The first-order chi connectivity index (χ1) is 13.4. The molecule has 1 saturated heterocycles. The van der Waals surface area contributed by atoms with Gasteiger partial charge in [0.2, 0.25) is 0 Å². The molecule has 3 heteroatoms. The largest absolute Gasteiger partial charge is 0.472 e. The number of rotatable bonds is 4. The standard InChI is InChI=1S/C24H23NO2/c1-3-7-20-17(5-1)13-18-6-2-4-8-21(18)23(20)16-27-24-14-25-11-9-22(24)19-10-12-26-15-19/h1-8,10,12-13,15,22,24-25H,9,11,14,16H2/t22-,24+/m1/s1. The molecule has 3 aromatic carbocycles. The van der Waals surface area contributed by atoms with Crippen molar-refractivity contribution >= 4 is 21.5 Å². The molecule has 1 fully saturated rings. The van der Waals surface area contributed by atoms with Crippen LogP contribution in [0.4, 0.5) is 0 Å². The molecular weight excluding hydrogens is 334 g/mol. The average Bonchev–Trinajstić information content (AvgIpc) is 3.26. The van der Waals surface area contributed by atoms with Crippen molar-refractivity contribution < 1.29 is 9.15 Å². The third-order valence-corrected chi connectivity index (χ3v) is 5.72. The Kier molecular flexibility index (Phi) is 4.40. The van der Waals surface area contributed by atoms with Crippen LogP contribution in [0.5, 0.6) is 0 Å². The molecule has 0 unspecified atom stereocenters. The Morgan fingerprint density at radius 1 is 0.963 bits per heavy atom. The van der Waals surface area contributed by atoms with Gasteiger partial charge in [0.15, 0.2) is 0 Å². The summed E-state index contributed by atoms with van der Waals surface area (Å²) in [4.78, 5) is 0. The number of piperidine rings is 1. The molecule has 1 aliphatic heterocycles. The third kappa shape index (κ3) is 3.14. The molecule has 0 radical (unpaired) electrons. The number of ether oxygens (including phenoxy) is 1. The SMILES string of the molecule is c1ccc2c(CO[C@H]3CNCC[C@@H]3c3ccoc3)c3ccccc3cc2c1. The van der Waals surface area contributed by atoms with Crippen LogP contribution in [0.15, 0.2) is 77.6 Å². The topological polar surface area (TPSA) is 34.4 Å². The van der Waals surface area contributed by atoms with Crippen LogP contribution in [0.2, 0.25) is 0 Å². The van der Waals surface area contributed by atoms with E-state index in [2.05, 4.69) is 66.0 Å². The Labute approximate surface area is 158 Å². The zero-order valence-corrected chi connectivity index (χ0v) is 15.2. The molecule has 0 aliphatic carbocycles. The zero-order valence-electron chi connectivity index (χ0n) is 15.2. The molecule has 2 heterocycles. The van der Waals surface area contributed by atoms with Crippen LogP contribution in [-0.4, -0.2) is 19.2 Å². The van der Waals surface area contributed by atoms with Gasteiger partial charge in [0, 0.05) is 12.5 Å². The second kappa shape index (κ2) is 7.18. The van der Waals surface area contributed by atoms with E-state index in [0.717, 1.165) is 19.5 Å². The number of hydrogen-bond acceptors (Lipinski definition) is 3. The number of nitrogens with one attached hydrogen (secondary N) is 1. The Morgan fingerprint density at radius 3 is 2.41 bits per heavy atom. The van der Waals surface area contributed by atoms with Gasteiger partial charge in [0.25, 0.3) is 0 Å². The van der Waals surface area contributed by atoms with Crippen LogP contribution < -0.4 is 5.32 Å². The van der Waals surface area contributed by atoms with Crippen LogP contribution in [0, 0.1) is 0 Å². The highest BCUT2D eigenvalue weighted by molar-refractivity contribution is 6.02. The van der Waals surface area contributed by atoms with Gasteiger partial charge in [0.1, 0.15) is 0 Å². The molecule has 4 aromatic rings. The van der Waals surface area contributed by atoms with E-state index in [1.54, 1.807) is 6.26 Å². The maximum atomic E-state index is 6.52. The minimum Gasteiger partial charge on any atom is -0.472 e. The number of furan rings is 1. The number of benzene rings is 3. The number of hydrogen-bond donors (Lipinski definition) is 1. The summed E-state index contributed by atoms with van der Waals surface area (Å²) in [6.07, 6.45) is 4.83. The molecule has 5 rings (SSSR count). The van der Waals surface area contributed by atoms with Crippen molar-refractivity contribution in [3.05, 3.63) is 84.3 Å². The fourth-order valence-corrected chi connectivity index (χ4v) is 4.33. The molecule has 1 aromatic heterocycles. The highest BCUT2D eigenvalue weighted by atomic mass is 16.5. The van der Waals surface area contributed by atoms with Gasteiger partial charge in [-0.15, -0.1) is 0 Å². The molecule has 2 atom stereocenters. The molecule has 1 aliphatic rings. The van der Waals surface area contributed by atoms with Gasteiger partial charge < -0.3 is 14.5 Å². The summed E-state index contributed by atoms with van der Waals surface area (Å²) in [7, 11) is 0. The van der Waals surface area contributed by atoms with E-state index in [-0.39, 0.29) is 6.10 Å². The second-order valence-corrected chi connectivity index (χ2v) is 7.30. The first-order valence-corrected chi connectivity index (χ1v) is 9.64. The van der Waals surface area contributed by atoms with E-state index in [1.807, 2.05) is 6.26 Å². The quantitative estimate of drug-likeness (QED) is 0.507. The van der Waals surface area contributed by atoms with E-state index in [9.17, 15) is 0 Å². The lowest BCUT2D eigenvalue weighted by Crippen LogP contribution is -2.40. The first kappa shape index (κ1) is 16.5. The van der Waals surface area contributed by atoms with Gasteiger partial charge >= 0.3 is 0 Å². The first-order valence-electron chi connectivity index (χ1n) is 9.64. The van der Waals surface area contributed by atoms with Gasteiger partial charge in [-0.1, -0.05) is 48.5 Å². The Hall–Kier alpha value is -2.62. The van der Waals surface area contributed by atoms with Crippen molar-refractivity contribution in [3.63, 3.8) is 0 Å². The highest BCUT2D eigenvalue weighted by Crippen LogP contribution is 2.32. The van der Waals surface area contributed by atoms with Gasteiger partial charge in [-0.3, -0.25) is 0 Å². The van der Waals surface area contributed by atoms with Crippen LogP contribution in [-0.2, 0) is 11.3 Å². The molecule has 0 saturated carbocycles. The van der Waals surface area contributed by atoms with Crippen LogP contribution in [0.25, 0.3) is 21.5 Å². The minimum atomic E-state index is 0.147. The Morgan fingerprint density at radius 2 is 1.70 bits per heavy atom. The van der Waals surface area contributed by atoms with Crippen molar-refractivity contribution in [1.29, 1.82) is 0 Å². The summed E-state index contributed by atoms with van der Waals surface area (Å²) in [5.74, 6) is 0.381. The molecule has 0 bridgehead atoms. The summed E-state index contributed by atoms with van der Waals surface area (Å²) in [5.41, 5.74) is 2.52. The van der Waals surface area contributed by atoms with E-state index in [4.69, 9.17) is 9.15 Å². The maximum absolute atomic E-state index is 6.52. The van der Waals surface area contributed by atoms with Gasteiger partial charge in [-0.2, -0.15) is 0 Å². The summed E-state index contributed by atoms with van der Waals surface area (Å²) in [5, 5.41) is 8.57. The fraction of sp³-hybridized carbons (Fsp3) is 0.250. The lowest BCUT2D eigenvalue weighted by Gasteiger charge is -2.32. The van der Waals surface area contributed by atoms with Gasteiger partial charge in [0.05, 0.1) is 25.2 Å². The third-order valence-electron chi connectivity index (χ3n) is 5.72. The Balaban J connectivity index is 1.50. The second-order valence-electron chi connectivity index (χ2n) is 7.30. The average molecular weight is 357 g/mol. The van der Waals surface area contributed by atoms with Crippen molar-refractivity contribution in [2.45, 2.75) is 25.0 Å². The maximum Gasteiger partial charge on any atom is 0.0938 e. The van der Waals surface area contributed by atoms with E-state index in [0.29, 0.717) is 12.5 Å². The van der Waals surface area contributed by atoms with Crippen molar-refractivity contribution in [2.75, 3.05) is 13.1 Å². The van der Waals surface area contributed by atoms with Crippen molar-refractivity contribution in [1.82, 2.24) is 5.32 Å². The predicted octanol–water partition coefficient (Wildman–Crippen LogP) is 5.25. The normalized spacial score (nSPS) is 20.3. The molecule has 136 valence electrons. The lowest BCUT2D eigenvalue weighted by molar-refractivity contribution is 0.0115. The monoisotopic (exact) mass is 357 g/mol. The van der Waals surface area contributed by atoms with Crippen LogP contribution in [0.1, 0.15) is 23.5 Å². The molecule has 0 amide bonds. The minimum absolute atomic E-state index is 0.147. The van der Waals surface area contributed by atoms with Crippen molar-refractivity contribution in [2.24, 2.45) is 0 Å². The van der Waals surface area contributed by atoms with E-state index < -0.39 is 0 Å². The molecule has 0 spiro atoms. The summed E-state index contributed by atoms with van der Waals surface area (Å²) in [6.45, 7) is 2.51. The van der Waals surface area contributed by atoms with E-state index >= 15 is 0 Å². The highest BCUT2D eigenvalue weighted by Gasteiger charge is 2.28. The fourth-order valence-electron chi connectivity index (χ4n) is 4.33. The van der Waals surface area contributed by atoms with Crippen LogP contribution >= 0.6 is 0 Å². The van der Waals surface area contributed by atoms with Crippen LogP contribution in [0.3, 0.4) is 0 Å². The summed E-state index contributed by atoms with van der Waals surface area (Å²) >= 11 is 0. The summed E-state index contributed by atoms with van der Waals surface area (Å²) in [6, 6.07) is 21.5. The summed E-state index contributed by atoms with van der Waals surface area (Å²) < 4.78 is 11.8. The van der Waals surface area contributed by atoms with Gasteiger partial charge in [-0.05, 0) is 57.8 Å². The lowest BCUT2D eigenvalue weighted by atomic mass is 9.89. The molecule has 27 heavy (non-hydrogen) atoms. The zero-order chi connectivity index (χ0) is 18.1.